The zero-order valence-electron chi connectivity index (χ0n) is 16.4. The van der Waals surface area contributed by atoms with Gasteiger partial charge in [0.1, 0.15) is 6.04 Å². The van der Waals surface area contributed by atoms with Gasteiger partial charge in [-0.25, -0.2) is 4.98 Å². The van der Waals surface area contributed by atoms with E-state index in [1.54, 1.807) is 4.90 Å². The van der Waals surface area contributed by atoms with Gasteiger partial charge in [0.15, 0.2) is 11.0 Å². The number of likely N-dealkylation sites (tertiary alicyclic amines) is 1. The van der Waals surface area contributed by atoms with E-state index < -0.39 is 6.04 Å². The zero-order chi connectivity index (χ0) is 20.4. The molecule has 2 aromatic heterocycles. The molecule has 9 heteroatoms. The van der Waals surface area contributed by atoms with Crippen LogP contribution in [0.3, 0.4) is 0 Å². The first kappa shape index (κ1) is 19.5. The van der Waals surface area contributed by atoms with Crippen LogP contribution in [0.25, 0.3) is 10.2 Å². The molecule has 1 N–H and O–H groups in total. The Morgan fingerprint density at radius 2 is 2.14 bits per heavy atom. The van der Waals surface area contributed by atoms with Gasteiger partial charge in [-0.15, -0.1) is 0 Å². The smallest absolute Gasteiger partial charge is 0.248 e. The van der Waals surface area contributed by atoms with Crippen molar-refractivity contribution >= 4 is 38.5 Å². The summed E-state index contributed by atoms with van der Waals surface area (Å²) in [7, 11) is 0. The highest BCUT2D eigenvalue weighted by Crippen LogP contribution is 2.27. The fourth-order valence-corrected chi connectivity index (χ4v) is 4.28. The summed E-state index contributed by atoms with van der Waals surface area (Å²) in [5.41, 5.74) is 0.854. The molecule has 0 aliphatic carbocycles. The fraction of sp³-hybridized carbons (Fsp3) is 0.450. The standard InChI is InChI=1S/C20H23N5O3S/c1-12(2)18-22-16(28-24-18)9-10-17(26)25-11-5-7-14(25)19(27)23-20-21-13-6-3-4-8-15(13)29-20/h3-4,6,8,12,14H,5,7,9-11H2,1-2H3,(H,21,23,27). The molecule has 3 aromatic rings. The van der Waals surface area contributed by atoms with E-state index in [-0.39, 0.29) is 24.2 Å². The molecular weight excluding hydrogens is 390 g/mol. The summed E-state index contributed by atoms with van der Waals surface area (Å²) in [6, 6.07) is 7.27. The number of nitrogens with one attached hydrogen (secondary N) is 1. The number of hydrogen-bond donors (Lipinski definition) is 1. The van der Waals surface area contributed by atoms with E-state index in [0.29, 0.717) is 36.2 Å². The van der Waals surface area contributed by atoms with Crippen molar-refractivity contribution in [3.05, 3.63) is 36.0 Å². The predicted octanol–water partition coefficient (Wildman–Crippen LogP) is 3.37. The molecule has 1 saturated heterocycles. The SMILES string of the molecule is CC(C)c1noc(CCC(=O)N2CCCC2C(=O)Nc2nc3ccccc3s2)n1. The van der Waals surface area contributed by atoms with Gasteiger partial charge in [0, 0.05) is 25.3 Å². The Kier molecular flexibility index (Phi) is 5.57. The van der Waals surface area contributed by atoms with Crippen molar-refractivity contribution in [3.8, 4) is 0 Å². The van der Waals surface area contributed by atoms with Crippen LogP contribution in [0.15, 0.2) is 28.8 Å². The van der Waals surface area contributed by atoms with Crippen molar-refractivity contribution in [2.45, 2.75) is 51.5 Å². The van der Waals surface area contributed by atoms with Crippen LogP contribution < -0.4 is 5.32 Å². The molecule has 0 bridgehead atoms. The molecule has 152 valence electrons. The first-order valence-electron chi connectivity index (χ1n) is 9.79. The van der Waals surface area contributed by atoms with E-state index in [1.807, 2.05) is 38.1 Å². The predicted molar refractivity (Wildman–Crippen MR) is 110 cm³/mol. The van der Waals surface area contributed by atoms with Crippen LogP contribution in [0.2, 0.25) is 0 Å². The van der Waals surface area contributed by atoms with Crippen LogP contribution in [0, 0.1) is 0 Å². The average Bonchev–Trinajstić information content (AvgIpc) is 3.44. The number of carbonyl (C=O) groups is 2. The summed E-state index contributed by atoms with van der Waals surface area (Å²) < 4.78 is 6.22. The Labute approximate surface area is 172 Å². The third kappa shape index (κ3) is 4.29. The number of rotatable bonds is 6. The Morgan fingerprint density at radius 3 is 2.90 bits per heavy atom. The lowest BCUT2D eigenvalue weighted by molar-refractivity contribution is -0.136. The maximum atomic E-state index is 12.8. The van der Waals surface area contributed by atoms with Crippen LogP contribution in [0.1, 0.15) is 50.7 Å². The van der Waals surface area contributed by atoms with Crippen molar-refractivity contribution in [2.24, 2.45) is 0 Å². The zero-order valence-corrected chi connectivity index (χ0v) is 17.2. The van der Waals surface area contributed by atoms with Gasteiger partial charge in [0.2, 0.25) is 17.7 Å². The number of aromatic nitrogens is 3. The summed E-state index contributed by atoms with van der Waals surface area (Å²) in [5, 5.41) is 7.36. The highest BCUT2D eigenvalue weighted by molar-refractivity contribution is 7.22. The topological polar surface area (TPSA) is 101 Å². The fourth-order valence-electron chi connectivity index (χ4n) is 3.41. The molecular formula is C20H23N5O3S. The number of para-hydroxylation sites is 1. The second-order valence-corrected chi connectivity index (χ2v) is 8.45. The van der Waals surface area contributed by atoms with E-state index >= 15 is 0 Å². The molecule has 4 rings (SSSR count). The Morgan fingerprint density at radius 1 is 1.31 bits per heavy atom. The maximum absolute atomic E-state index is 12.8. The molecule has 0 radical (unpaired) electrons. The summed E-state index contributed by atoms with van der Waals surface area (Å²) in [4.78, 5) is 35.9. The van der Waals surface area contributed by atoms with Crippen molar-refractivity contribution in [1.82, 2.24) is 20.0 Å². The maximum Gasteiger partial charge on any atom is 0.248 e. The van der Waals surface area contributed by atoms with Gasteiger partial charge in [0.25, 0.3) is 0 Å². The molecule has 3 heterocycles. The Balaban J connectivity index is 1.36. The lowest BCUT2D eigenvalue weighted by Gasteiger charge is -2.23. The van der Waals surface area contributed by atoms with Crippen molar-refractivity contribution in [1.29, 1.82) is 0 Å². The second-order valence-electron chi connectivity index (χ2n) is 7.42. The minimum Gasteiger partial charge on any atom is -0.339 e. The molecule has 1 atom stereocenters. The minimum absolute atomic E-state index is 0.0729. The lowest BCUT2D eigenvalue weighted by Crippen LogP contribution is -2.43. The van der Waals surface area contributed by atoms with Crippen LogP contribution in [0.5, 0.6) is 0 Å². The van der Waals surface area contributed by atoms with E-state index in [4.69, 9.17) is 4.52 Å². The van der Waals surface area contributed by atoms with Gasteiger partial charge >= 0.3 is 0 Å². The van der Waals surface area contributed by atoms with E-state index in [0.717, 1.165) is 16.6 Å². The van der Waals surface area contributed by atoms with E-state index in [2.05, 4.69) is 20.4 Å². The third-order valence-electron chi connectivity index (χ3n) is 4.95. The number of hydrogen-bond acceptors (Lipinski definition) is 7. The number of benzene rings is 1. The summed E-state index contributed by atoms with van der Waals surface area (Å²) in [5.74, 6) is 1.02. The molecule has 0 spiro atoms. The first-order chi connectivity index (χ1) is 14.0. The highest BCUT2D eigenvalue weighted by Gasteiger charge is 2.34. The Hall–Kier alpha value is -2.81. The number of carbonyl (C=O) groups excluding carboxylic acids is 2. The highest BCUT2D eigenvalue weighted by atomic mass is 32.1. The number of amides is 2. The molecule has 1 aromatic carbocycles. The summed E-state index contributed by atoms with van der Waals surface area (Å²) in [6.45, 7) is 4.55. The normalized spacial score (nSPS) is 16.7. The number of nitrogens with zero attached hydrogens (tertiary/aromatic N) is 4. The van der Waals surface area contributed by atoms with Crippen molar-refractivity contribution in [3.63, 3.8) is 0 Å². The minimum atomic E-state index is -0.469. The first-order valence-corrected chi connectivity index (χ1v) is 10.6. The van der Waals surface area contributed by atoms with Crippen LogP contribution in [0.4, 0.5) is 5.13 Å². The molecule has 29 heavy (non-hydrogen) atoms. The largest absolute Gasteiger partial charge is 0.339 e. The number of thiazole rings is 1. The van der Waals surface area contributed by atoms with Crippen molar-refractivity contribution < 1.29 is 14.1 Å². The monoisotopic (exact) mass is 413 g/mol. The average molecular weight is 414 g/mol. The van der Waals surface area contributed by atoms with Crippen LogP contribution >= 0.6 is 11.3 Å². The van der Waals surface area contributed by atoms with Gasteiger partial charge in [-0.2, -0.15) is 4.98 Å². The number of aryl methyl sites for hydroxylation is 1. The molecule has 1 unspecified atom stereocenters. The van der Waals surface area contributed by atoms with Gasteiger partial charge in [0.05, 0.1) is 10.2 Å². The van der Waals surface area contributed by atoms with Crippen molar-refractivity contribution in [2.75, 3.05) is 11.9 Å². The quantitative estimate of drug-likeness (QED) is 0.665. The van der Waals surface area contributed by atoms with E-state index in [9.17, 15) is 9.59 Å². The Bertz CT molecular complexity index is 995. The number of fused-ring (bicyclic) bond motifs is 1. The molecule has 1 fully saturated rings. The van der Waals surface area contributed by atoms with Crippen LogP contribution in [-0.4, -0.2) is 44.4 Å². The molecule has 1 aliphatic rings. The molecule has 0 saturated carbocycles. The van der Waals surface area contributed by atoms with Gasteiger partial charge in [-0.3, -0.25) is 9.59 Å². The summed E-state index contributed by atoms with van der Waals surface area (Å²) >= 11 is 1.43. The van der Waals surface area contributed by atoms with Crippen LogP contribution in [-0.2, 0) is 16.0 Å². The molecule has 1 aliphatic heterocycles. The lowest BCUT2D eigenvalue weighted by atomic mass is 10.2. The van der Waals surface area contributed by atoms with E-state index in [1.165, 1.54) is 11.3 Å². The third-order valence-corrected chi connectivity index (χ3v) is 5.90. The molecule has 2 amide bonds. The van der Waals surface area contributed by atoms with Gasteiger partial charge in [-0.1, -0.05) is 42.5 Å². The van der Waals surface area contributed by atoms with Gasteiger partial charge in [-0.05, 0) is 25.0 Å². The molecule has 8 nitrogen and oxygen atoms in total. The second kappa shape index (κ2) is 8.28. The summed E-state index contributed by atoms with van der Waals surface area (Å²) in [6.07, 6.45) is 2.08. The number of anilines is 1. The van der Waals surface area contributed by atoms with Gasteiger partial charge < -0.3 is 14.7 Å².